The van der Waals surface area contributed by atoms with Crippen molar-refractivity contribution in [3.63, 3.8) is 0 Å². The van der Waals surface area contributed by atoms with Gasteiger partial charge in [0.15, 0.2) is 11.3 Å². The van der Waals surface area contributed by atoms with Crippen molar-refractivity contribution in [2.75, 3.05) is 0 Å². The molecular weight excluding hydrogens is 180 g/mol. The molecule has 0 saturated heterocycles. The zero-order valence-corrected chi connectivity index (χ0v) is 8.14. The van der Waals surface area contributed by atoms with E-state index in [9.17, 15) is 4.79 Å². The molecule has 5 nitrogen and oxygen atoms in total. The molecule has 2 N–H and O–H groups in total. The number of hydrogen-bond donors (Lipinski definition) is 1. The Morgan fingerprint density at radius 2 is 2.21 bits per heavy atom. The lowest BCUT2D eigenvalue weighted by atomic mass is 10.4. The first kappa shape index (κ1) is 10.2. The third-order valence-corrected chi connectivity index (χ3v) is 1.49. The van der Waals surface area contributed by atoms with E-state index in [4.69, 9.17) is 5.73 Å². The van der Waals surface area contributed by atoms with E-state index in [1.165, 1.54) is 4.52 Å². The minimum Gasteiger partial charge on any atom is -0.364 e. The number of amides is 1. The van der Waals surface area contributed by atoms with E-state index in [0.29, 0.717) is 5.65 Å². The highest BCUT2D eigenvalue weighted by molar-refractivity contribution is 5.91. The van der Waals surface area contributed by atoms with Gasteiger partial charge in [-0.25, -0.2) is 9.50 Å². The fourth-order valence-electron chi connectivity index (χ4n) is 0.951. The van der Waals surface area contributed by atoms with Gasteiger partial charge in [0.1, 0.15) is 0 Å². The molecule has 0 fully saturated rings. The van der Waals surface area contributed by atoms with Crippen LogP contribution in [-0.4, -0.2) is 20.5 Å². The Morgan fingerprint density at radius 1 is 1.50 bits per heavy atom. The van der Waals surface area contributed by atoms with Crippen LogP contribution >= 0.6 is 0 Å². The van der Waals surface area contributed by atoms with E-state index in [0.717, 1.165) is 0 Å². The van der Waals surface area contributed by atoms with Gasteiger partial charge in [-0.05, 0) is 6.07 Å². The number of nitrogens with two attached hydrogens (primary N) is 1. The molecule has 0 saturated carbocycles. The second kappa shape index (κ2) is 4.36. The molecule has 0 aliphatic carbocycles. The molecule has 0 aromatic carbocycles. The molecule has 0 bridgehead atoms. The number of fused-ring (bicyclic) bond motifs is 1. The first-order valence-electron chi connectivity index (χ1n) is 4.37. The Kier molecular flexibility index (Phi) is 3.17. The van der Waals surface area contributed by atoms with Gasteiger partial charge < -0.3 is 5.73 Å². The predicted molar refractivity (Wildman–Crippen MR) is 52.9 cm³/mol. The maximum atomic E-state index is 10.7. The lowest BCUT2D eigenvalue weighted by molar-refractivity contribution is 0.0995. The summed E-state index contributed by atoms with van der Waals surface area (Å²) >= 11 is 0. The van der Waals surface area contributed by atoms with Crippen LogP contribution in [0.2, 0.25) is 0 Å². The topological polar surface area (TPSA) is 73.3 Å². The van der Waals surface area contributed by atoms with E-state index in [1.807, 2.05) is 13.8 Å². The van der Waals surface area contributed by atoms with Crippen molar-refractivity contribution in [1.82, 2.24) is 14.6 Å². The molecule has 0 aliphatic heterocycles. The molecule has 14 heavy (non-hydrogen) atoms. The summed E-state index contributed by atoms with van der Waals surface area (Å²) in [5.41, 5.74) is 5.88. The third-order valence-electron chi connectivity index (χ3n) is 1.49. The largest absolute Gasteiger partial charge is 0.364 e. The molecule has 0 spiro atoms. The van der Waals surface area contributed by atoms with Crippen molar-refractivity contribution in [1.29, 1.82) is 0 Å². The van der Waals surface area contributed by atoms with Crippen molar-refractivity contribution in [3.8, 4) is 0 Å². The Balaban J connectivity index is 0.000000461. The summed E-state index contributed by atoms with van der Waals surface area (Å²) < 4.78 is 1.50. The van der Waals surface area contributed by atoms with Crippen LogP contribution in [0.4, 0.5) is 0 Å². The molecule has 0 radical (unpaired) electrons. The van der Waals surface area contributed by atoms with E-state index in [-0.39, 0.29) is 5.69 Å². The van der Waals surface area contributed by atoms with Crippen LogP contribution in [0.5, 0.6) is 0 Å². The number of carbonyl (C=O) groups is 1. The molecule has 74 valence electrons. The van der Waals surface area contributed by atoms with Crippen molar-refractivity contribution in [2.24, 2.45) is 5.73 Å². The summed E-state index contributed by atoms with van der Waals surface area (Å²) in [7, 11) is 0. The Hall–Kier alpha value is -1.91. The first-order chi connectivity index (χ1) is 6.77. The number of aromatic nitrogens is 3. The van der Waals surface area contributed by atoms with E-state index >= 15 is 0 Å². The maximum absolute atomic E-state index is 10.7. The van der Waals surface area contributed by atoms with Gasteiger partial charge >= 0.3 is 0 Å². The van der Waals surface area contributed by atoms with Gasteiger partial charge in [-0.2, -0.15) is 5.10 Å². The van der Waals surface area contributed by atoms with Crippen molar-refractivity contribution < 1.29 is 4.79 Å². The van der Waals surface area contributed by atoms with Crippen LogP contribution in [0.25, 0.3) is 5.65 Å². The summed E-state index contributed by atoms with van der Waals surface area (Å²) in [4.78, 5) is 14.7. The Bertz CT molecular complexity index is 402. The maximum Gasteiger partial charge on any atom is 0.269 e. The molecular formula is C9H12N4O. The molecule has 1 amide bonds. The summed E-state index contributed by atoms with van der Waals surface area (Å²) in [5.74, 6) is -0.541. The minimum atomic E-state index is -0.541. The Labute approximate surface area is 81.6 Å². The molecule has 5 heteroatoms. The van der Waals surface area contributed by atoms with Crippen LogP contribution in [-0.2, 0) is 0 Å². The summed E-state index contributed by atoms with van der Waals surface area (Å²) in [6.07, 6.45) is 3.33. The van der Waals surface area contributed by atoms with Gasteiger partial charge in [-0.1, -0.05) is 13.8 Å². The molecule has 2 rings (SSSR count). The Morgan fingerprint density at radius 3 is 2.79 bits per heavy atom. The molecule has 0 unspecified atom stereocenters. The van der Waals surface area contributed by atoms with Gasteiger partial charge in [-0.15, -0.1) is 0 Å². The summed E-state index contributed by atoms with van der Waals surface area (Å²) in [5, 5.41) is 3.89. The van der Waals surface area contributed by atoms with Crippen LogP contribution in [0.15, 0.2) is 24.5 Å². The van der Waals surface area contributed by atoms with Gasteiger partial charge in [0.2, 0.25) is 0 Å². The molecule has 0 atom stereocenters. The predicted octanol–water partition coefficient (Wildman–Crippen LogP) is 0.854. The van der Waals surface area contributed by atoms with Gasteiger partial charge in [-0.3, -0.25) is 4.79 Å². The normalized spacial score (nSPS) is 9.29. The second-order valence-electron chi connectivity index (χ2n) is 2.32. The van der Waals surface area contributed by atoms with Crippen molar-refractivity contribution in [2.45, 2.75) is 13.8 Å². The smallest absolute Gasteiger partial charge is 0.269 e. The fraction of sp³-hybridized carbons (Fsp3) is 0.222. The standard InChI is InChI=1S/C7H6N4O.C2H6/c8-7(12)5-4-6-9-2-1-3-11(6)10-5;1-2/h1-4H,(H2,8,12);1-2H3. The number of nitrogens with zero attached hydrogens (tertiary/aromatic N) is 3. The first-order valence-corrected chi connectivity index (χ1v) is 4.37. The van der Waals surface area contributed by atoms with Crippen LogP contribution in [0.1, 0.15) is 24.3 Å². The van der Waals surface area contributed by atoms with Crippen molar-refractivity contribution >= 4 is 11.6 Å². The summed E-state index contributed by atoms with van der Waals surface area (Å²) in [6.45, 7) is 4.00. The van der Waals surface area contributed by atoms with Crippen molar-refractivity contribution in [3.05, 3.63) is 30.2 Å². The lowest BCUT2D eigenvalue weighted by Gasteiger charge is -1.86. The van der Waals surface area contributed by atoms with Gasteiger partial charge in [0, 0.05) is 18.5 Å². The lowest BCUT2D eigenvalue weighted by Crippen LogP contribution is -2.11. The highest BCUT2D eigenvalue weighted by atomic mass is 16.1. The third kappa shape index (κ3) is 1.87. The molecule has 2 aromatic rings. The van der Waals surface area contributed by atoms with Crippen LogP contribution in [0.3, 0.4) is 0 Å². The monoisotopic (exact) mass is 192 g/mol. The van der Waals surface area contributed by atoms with Gasteiger partial charge in [0.25, 0.3) is 5.91 Å². The quantitative estimate of drug-likeness (QED) is 0.728. The number of rotatable bonds is 1. The highest BCUT2D eigenvalue weighted by Gasteiger charge is 2.05. The average Bonchev–Trinajstić information content (AvgIpc) is 2.64. The van der Waals surface area contributed by atoms with Crippen LogP contribution in [0, 0.1) is 0 Å². The number of hydrogen-bond acceptors (Lipinski definition) is 3. The van der Waals surface area contributed by atoms with Gasteiger partial charge in [0.05, 0.1) is 0 Å². The van der Waals surface area contributed by atoms with E-state index in [1.54, 1.807) is 24.5 Å². The van der Waals surface area contributed by atoms with E-state index in [2.05, 4.69) is 10.1 Å². The second-order valence-corrected chi connectivity index (χ2v) is 2.32. The highest BCUT2D eigenvalue weighted by Crippen LogP contribution is 2.00. The molecule has 2 heterocycles. The zero-order chi connectivity index (χ0) is 10.6. The minimum absolute atomic E-state index is 0.230. The van der Waals surface area contributed by atoms with Crippen LogP contribution < -0.4 is 5.73 Å². The SMILES string of the molecule is CC.NC(=O)c1cc2ncccn2n1. The molecule has 2 aromatic heterocycles. The zero-order valence-electron chi connectivity index (χ0n) is 8.14. The summed E-state index contributed by atoms with van der Waals surface area (Å²) in [6, 6.07) is 3.27. The molecule has 0 aliphatic rings. The fourth-order valence-corrected chi connectivity index (χ4v) is 0.951. The number of primary amides is 1. The number of carbonyl (C=O) groups excluding carboxylic acids is 1. The van der Waals surface area contributed by atoms with E-state index < -0.39 is 5.91 Å². The average molecular weight is 192 g/mol.